The lowest BCUT2D eigenvalue weighted by Gasteiger charge is -2.14. The molecule has 0 spiro atoms. The Morgan fingerprint density at radius 3 is 2.56 bits per heavy atom. The van der Waals surface area contributed by atoms with Gasteiger partial charge in [0.25, 0.3) is 11.8 Å². The fraction of sp³-hybridized carbons (Fsp3) is 0.263. The maximum absolute atomic E-state index is 12.3. The molecule has 0 aliphatic heterocycles. The van der Waals surface area contributed by atoms with Gasteiger partial charge in [-0.05, 0) is 30.7 Å². The Hall–Kier alpha value is -2.93. The van der Waals surface area contributed by atoms with Crippen molar-refractivity contribution in [2.45, 2.75) is 6.92 Å². The highest BCUT2D eigenvalue weighted by Crippen LogP contribution is 2.36. The van der Waals surface area contributed by atoms with E-state index in [0.29, 0.717) is 18.7 Å². The first-order valence-electron chi connectivity index (χ1n) is 8.17. The van der Waals surface area contributed by atoms with E-state index in [9.17, 15) is 9.59 Å². The third-order valence-corrected chi connectivity index (χ3v) is 3.87. The molecule has 0 radical (unpaired) electrons. The number of rotatable bonds is 9. The predicted molar refractivity (Wildman–Crippen MR) is 102 cm³/mol. The van der Waals surface area contributed by atoms with Crippen molar-refractivity contribution in [2.24, 2.45) is 5.73 Å². The number of benzene rings is 2. The van der Waals surface area contributed by atoms with Gasteiger partial charge in [0.1, 0.15) is 12.4 Å². The monoisotopic (exact) mass is 392 g/mol. The van der Waals surface area contributed by atoms with Crippen molar-refractivity contribution < 1.29 is 23.8 Å². The van der Waals surface area contributed by atoms with Crippen molar-refractivity contribution >= 4 is 23.4 Å². The van der Waals surface area contributed by atoms with Crippen LogP contribution in [0.3, 0.4) is 0 Å². The minimum Gasteiger partial charge on any atom is -0.493 e. The van der Waals surface area contributed by atoms with Gasteiger partial charge in [0, 0.05) is 5.56 Å². The molecule has 2 aromatic rings. The summed E-state index contributed by atoms with van der Waals surface area (Å²) >= 11 is 6.14. The quantitative estimate of drug-likeness (QED) is 0.638. The van der Waals surface area contributed by atoms with E-state index in [1.807, 2.05) is 31.2 Å². The second-order valence-electron chi connectivity index (χ2n) is 5.61. The van der Waals surface area contributed by atoms with Crippen LogP contribution in [0.5, 0.6) is 17.2 Å². The first-order chi connectivity index (χ1) is 12.9. The fourth-order valence-corrected chi connectivity index (χ4v) is 2.55. The second kappa shape index (κ2) is 9.68. The Morgan fingerprint density at radius 1 is 1.15 bits per heavy atom. The Kier molecular flexibility index (Phi) is 7.31. The van der Waals surface area contributed by atoms with Crippen molar-refractivity contribution in [1.29, 1.82) is 0 Å². The van der Waals surface area contributed by atoms with Crippen LogP contribution >= 0.6 is 11.6 Å². The number of nitrogens with two attached hydrogens (primary N) is 1. The maximum Gasteiger partial charge on any atom is 0.255 e. The van der Waals surface area contributed by atoms with Crippen molar-refractivity contribution in [3.05, 3.63) is 52.5 Å². The standard InChI is InChI=1S/C19H21ClN2O5/c1-12-5-3-4-6-15(12)26-8-7-22-19(24)13-9-14(20)18(16(10-13)25-2)27-11-17(21)23/h3-6,9-10H,7-8,11H2,1-2H3,(H2,21,23)(H,22,24). The third-order valence-electron chi connectivity index (χ3n) is 3.59. The van der Waals surface area contributed by atoms with Crippen molar-refractivity contribution in [3.8, 4) is 17.2 Å². The van der Waals surface area contributed by atoms with Gasteiger partial charge in [-0.1, -0.05) is 29.8 Å². The SMILES string of the molecule is COc1cc(C(=O)NCCOc2ccccc2C)cc(Cl)c1OCC(N)=O. The van der Waals surface area contributed by atoms with Crippen LogP contribution in [0.2, 0.25) is 5.02 Å². The predicted octanol–water partition coefficient (Wildman–Crippen LogP) is 2.33. The molecular formula is C19H21ClN2O5. The average Bonchev–Trinajstić information content (AvgIpc) is 2.64. The van der Waals surface area contributed by atoms with Crippen LogP contribution in [0.1, 0.15) is 15.9 Å². The number of carbonyl (C=O) groups excluding carboxylic acids is 2. The van der Waals surface area contributed by atoms with Crippen LogP contribution in [-0.4, -0.2) is 38.7 Å². The molecule has 0 saturated heterocycles. The molecule has 144 valence electrons. The highest BCUT2D eigenvalue weighted by Gasteiger charge is 2.16. The number of methoxy groups -OCH3 is 1. The molecule has 2 aromatic carbocycles. The zero-order valence-corrected chi connectivity index (χ0v) is 15.8. The summed E-state index contributed by atoms with van der Waals surface area (Å²) in [6.07, 6.45) is 0. The molecule has 7 nitrogen and oxygen atoms in total. The van der Waals surface area contributed by atoms with Gasteiger partial charge < -0.3 is 25.3 Å². The van der Waals surface area contributed by atoms with Crippen LogP contribution in [0.15, 0.2) is 36.4 Å². The molecule has 0 aliphatic carbocycles. The van der Waals surface area contributed by atoms with E-state index in [2.05, 4.69) is 5.32 Å². The summed E-state index contributed by atoms with van der Waals surface area (Å²) in [6.45, 7) is 2.23. The van der Waals surface area contributed by atoms with E-state index in [1.165, 1.54) is 19.2 Å². The van der Waals surface area contributed by atoms with E-state index in [0.717, 1.165) is 11.3 Å². The minimum absolute atomic E-state index is 0.136. The number of carbonyl (C=O) groups is 2. The summed E-state index contributed by atoms with van der Waals surface area (Å²) in [4.78, 5) is 23.2. The summed E-state index contributed by atoms with van der Waals surface area (Å²) in [5.74, 6) is 0.156. The Balaban J connectivity index is 1.96. The molecule has 3 N–H and O–H groups in total. The Bertz CT molecular complexity index is 826. The largest absolute Gasteiger partial charge is 0.493 e. The lowest BCUT2D eigenvalue weighted by Crippen LogP contribution is -2.28. The number of amides is 2. The number of ether oxygens (including phenoxy) is 3. The van der Waals surface area contributed by atoms with Gasteiger partial charge in [0.15, 0.2) is 18.1 Å². The lowest BCUT2D eigenvalue weighted by atomic mass is 10.2. The van der Waals surface area contributed by atoms with Gasteiger partial charge in [-0.15, -0.1) is 0 Å². The Morgan fingerprint density at radius 2 is 1.89 bits per heavy atom. The molecule has 27 heavy (non-hydrogen) atoms. The number of primary amides is 1. The molecule has 0 atom stereocenters. The summed E-state index contributed by atoms with van der Waals surface area (Å²) in [5.41, 5.74) is 6.37. The summed E-state index contributed by atoms with van der Waals surface area (Å²) in [6, 6.07) is 10.5. The maximum atomic E-state index is 12.3. The molecule has 0 aliphatic rings. The number of hydrogen-bond donors (Lipinski definition) is 2. The van der Waals surface area contributed by atoms with Crippen molar-refractivity contribution in [3.63, 3.8) is 0 Å². The molecule has 2 amide bonds. The molecule has 8 heteroatoms. The topological polar surface area (TPSA) is 99.9 Å². The van der Waals surface area contributed by atoms with Crippen molar-refractivity contribution in [2.75, 3.05) is 26.9 Å². The first-order valence-corrected chi connectivity index (χ1v) is 8.55. The average molecular weight is 393 g/mol. The number of nitrogens with one attached hydrogen (secondary N) is 1. The molecule has 0 fully saturated rings. The molecular weight excluding hydrogens is 372 g/mol. The van der Waals surface area contributed by atoms with Crippen LogP contribution < -0.4 is 25.3 Å². The number of para-hydroxylation sites is 1. The van der Waals surface area contributed by atoms with Gasteiger partial charge in [0.05, 0.1) is 18.7 Å². The van der Waals surface area contributed by atoms with Crippen LogP contribution in [-0.2, 0) is 4.79 Å². The lowest BCUT2D eigenvalue weighted by molar-refractivity contribution is -0.119. The van der Waals surface area contributed by atoms with E-state index >= 15 is 0 Å². The van der Waals surface area contributed by atoms with E-state index in [-0.39, 0.29) is 29.0 Å². The molecule has 0 bridgehead atoms. The second-order valence-corrected chi connectivity index (χ2v) is 6.02. The van der Waals surface area contributed by atoms with Crippen LogP contribution in [0, 0.1) is 6.92 Å². The van der Waals surface area contributed by atoms with Crippen molar-refractivity contribution in [1.82, 2.24) is 5.32 Å². The highest BCUT2D eigenvalue weighted by atomic mass is 35.5. The van der Waals surface area contributed by atoms with Gasteiger partial charge in [-0.3, -0.25) is 9.59 Å². The van der Waals surface area contributed by atoms with Gasteiger partial charge in [-0.2, -0.15) is 0 Å². The van der Waals surface area contributed by atoms with E-state index < -0.39 is 5.91 Å². The zero-order valence-electron chi connectivity index (χ0n) is 15.1. The number of hydrogen-bond acceptors (Lipinski definition) is 5. The molecule has 0 aromatic heterocycles. The fourth-order valence-electron chi connectivity index (χ4n) is 2.28. The summed E-state index contributed by atoms with van der Waals surface area (Å²) in [5, 5.41) is 2.88. The van der Waals surface area contributed by atoms with Gasteiger partial charge in [-0.25, -0.2) is 0 Å². The highest BCUT2D eigenvalue weighted by molar-refractivity contribution is 6.32. The van der Waals surface area contributed by atoms with Gasteiger partial charge in [0.2, 0.25) is 0 Å². The smallest absolute Gasteiger partial charge is 0.255 e. The van der Waals surface area contributed by atoms with E-state index in [4.69, 9.17) is 31.5 Å². The first kappa shape index (κ1) is 20.4. The van der Waals surface area contributed by atoms with Gasteiger partial charge >= 0.3 is 0 Å². The molecule has 2 rings (SSSR count). The Labute approximate surface area is 162 Å². The molecule has 0 saturated carbocycles. The molecule has 0 unspecified atom stereocenters. The number of aryl methyl sites for hydroxylation is 1. The summed E-state index contributed by atoms with van der Waals surface area (Å²) in [7, 11) is 1.40. The van der Waals surface area contributed by atoms with Crippen LogP contribution in [0.25, 0.3) is 0 Å². The normalized spacial score (nSPS) is 10.2. The third kappa shape index (κ3) is 5.79. The summed E-state index contributed by atoms with van der Waals surface area (Å²) < 4.78 is 16.0. The van der Waals surface area contributed by atoms with E-state index in [1.54, 1.807) is 0 Å². The number of halogens is 1. The minimum atomic E-state index is -0.649. The molecule has 0 heterocycles. The zero-order chi connectivity index (χ0) is 19.8. The van der Waals surface area contributed by atoms with Crippen LogP contribution in [0.4, 0.5) is 0 Å².